The molecule has 10 heteroatoms. The summed E-state index contributed by atoms with van der Waals surface area (Å²) in [5, 5.41) is 36.6. The minimum absolute atomic E-state index is 0.221. The van der Waals surface area contributed by atoms with Crippen molar-refractivity contribution in [3.05, 3.63) is 41.5 Å². The number of aromatic nitrogens is 2. The van der Waals surface area contributed by atoms with Crippen LogP contribution in [0.4, 0.5) is 11.5 Å². The van der Waals surface area contributed by atoms with E-state index in [0.29, 0.717) is 42.5 Å². The van der Waals surface area contributed by atoms with Crippen molar-refractivity contribution in [3.63, 3.8) is 0 Å². The molecule has 0 spiro atoms. The molecule has 28 heavy (non-hydrogen) atoms. The van der Waals surface area contributed by atoms with Gasteiger partial charge in [-0.05, 0) is 30.6 Å². The number of benzene rings is 1. The van der Waals surface area contributed by atoms with Crippen LogP contribution in [0, 0.1) is 17.2 Å². The van der Waals surface area contributed by atoms with Crippen LogP contribution in [0.1, 0.15) is 29.8 Å². The molecule has 144 valence electrons. The van der Waals surface area contributed by atoms with Crippen LogP contribution in [0.5, 0.6) is 5.75 Å². The van der Waals surface area contributed by atoms with E-state index in [0.717, 1.165) is 5.56 Å². The molecular formula is C18H20BN5O4. The number of ether oxygens (including phenoxy) is 1. The molecule has 5 N–H and O–H groups in total. The van der Waals surface area contributed by atoms with Crippen molar-refractivity contribution in [2.45, 2.75) is 18.7 Å². The molecule has 2 aromatic rings. The summed E-state index contributed by atoms with van der Waals surface area (Å²) in [6.07, 6.45) is 2.82. The molecule has 0 saturated carbocycles. The second-order valence-corrected chi connectivity index (χ2v) is 6.77. The highest BCUT2D eigenvalue weighted by Gasteiger charge is 2.29. The number of nitriles is 1. The molecule has 2 aliphatic rings. The van der Waals surface area contributed by atoms with E-state index in [1.54, 1.807) is 35.1 Å². The second-order valence-electron chi connectivity index (χ2n) is 6.77. The summed E-state index contributed by atoms with van der Waals surface area (Å²) >= 11 is 0. The molecular weight excluding hydrogens is 361 g/mol. The van der Waals surface area contributed by atoms with Gasteiger partial charge in [0, 0.05) is 24.1 Å². The van der Waals surface area contributed by atoms with Gasteiger partial charge in [0.05, 0.1) is 30.2 Å². The normalized spacial score (nSPS) is 22.1. The van der Waals surface area contributed by atoms with Gasteiger partial charge in [-0.3, -0.25) is 4.68 Å². The molecule has 0 amide bonds. The minimum atomic E-state index is -1.22. The van der Waals surface area contributed by atoms with Gasteiger partial charge < -0.3 is 30.6 Å². The zero-order valence-electron chi connectivity index (χ0n) is 15.0. The minimum Gasteiger partial charge on any atom is -0.532 e. The Hall–Kier alpha value is -2.84. The molecule has 0 bridgehead atoms. The Balaban J connectivity index is 1.62. The van der Waals surface area contributed by atoms with Crippen molar-refractivity contribution in [1.82, 2.24) is 9.78 Å². The first kappa shape index (κ1) is 18.5. The lowest BCUT2D eigenvalue weighted by atomic mass is 9.86. The number of fused-ring (bicyclic) bond motifs is 1. The molecule has 3 unspecified atom stereocenters. The molecule has 3 atom stereocenters. The van der Waals surface area contributed by atoms with Gasteiger partial charge in [0.1, 0.15) is 12.0 Å². The van der Waals surface area contributed by atoms with Gasteiger partial charge in [-0.25, -0.2) is 0 Å². The first-order valence-corrected chi connectivity index (χ1v) is 8.99. The fourth-order valence-corrected chi connectivity index (χ4v) is 3.38. The first-order valence-electron chi connectivity index (χ1n) is 8.99. The summed E-state index contributed by atoms with van der Waals surface area (Å²) in [7, 11) is -0.952. The SMILES string of the molecule is N#CC1CCOCC1n1cc(C(N)O)c(Nc2ccc3c(c2)C=CB(O)O3)n1. The van der Waals surface area contributed by atoms with Gasteiger partial charge in [-0.1, -0.05) is 6.08 Å². The highest BCUT2D eigenvalue weighted by molar-refractivity contribution is 6.51. The van der Waals surface area contributed by atoms with E-state index < -0.39 is 13.3 Å². The standard InChI is InChI=1S/C18H20BN5O4/c20-8-12-4-6-27-10-15(12)24-9-14(17(21)25)18(23-24)22-13-1-2-16-11(7-13)3-5-19(26)28-16/h1-3,5,7,9,12,15,17,25-26H,4,6,10,21H2,(H,22,23). The number of hydrogen-bond donors (Lipinski definition) is 4. The monoisotopic (exact) mass is 381 g/mol. The van der Waals surface area contributed by atoms with E-state index in [1.165, 1.54) is 0 Å². The lowest BCUT2D eigenvalue weighted by Gasteiger charge is -2.27. The maximum Gasteiger partial charge on any atom is 0.552 e. The van der Waals surface area contributed by atoms with Crippen LogP contribution < -0.4 is 15.7 Å². The van der Waals surface area contributed by atoms with Crippen LogP contribution in [-0.4, -0.2) is 40.2 Å². The van der Waals surface area contributed by atoms with Crippen molar-refractivity contribution in [2.75, 3.05) is 18.5 Å². The van der Waals surface area contributed by atoms with E-state index in [-0.39, 0.29) is 12.0 Å². The Morgan fingerprint density at radius 3 is 3.11 bits per heavy atom. The molecule has 0 radical (unpaired) electrons. The third-order valence-electron chi connectivity index (χ3n) is 4.87. The average molecular weight is 381 g/mol. The maximum absolute atomic E-state index is 9.97. The number of aliphatic hydroxyl groups is 1. The summed E-state index contributed by atoms with van der Waals surface area (Å²) in [6.45, 7) is 0.926. The van der Waals surface area contributed by atoms with Gasteiger partial charge >= 0.3 is 7.12 Å². The lowest BCUT2D eigenvalue weighted by molar-refractivity contribution is 0.0341. The Labute approximate surface area is 162 Å². The van der Waals surface area contributed by atoms with E-state index in [4.69, 9.17) is 15.1 Å². The summed E-state index contributed by atoms with van der Waals surface area (Å²) in [6, 6.07) is 7.41. The molecule has 1 fully saturated rings. The fraction of sp³-hybridized carbons (Fsp3) is 0.333. The Morgan fingerprint density at radius 1 is 1.46 bits per heavy atom. The van der Waals surface area contributed by atoms with Crippen LogP contribution in [0.25, 0.3) is 6.08 Å². The summed E-state index contributed by atoms with van der Waals surface area (Å²) in [5.74, 6) is 2.29. The van der Waals surface area contributed by atoms with Crippen molar-refractivity contribution in [3.8, 4) is 11.8 Å². The van der Waals surface area contributed by atoms with Crippen molar-refractivity contribution in [1.29, 1.82) is 5.26 Å². The zero-order chi connectivity index (χ0) is 19.7. The van der Waals surface area contributed by atoms with Gasteiger partial charge in [0.2, 0.25) is 0 Å². The smallest absolute Gasteiger partial charge is 0.532 e. The number of nitrogens with zero attached hydrogens (tertiary/aromatic N) is 3. The van der Waals surface area contributed by atoms with Crippen molar-refractivity contribution >= 4 is 24.7 Å². The number of anilines is 2. The second kappa shape index (κ2) is 7.65. The van der Waals surface area contributed by atoms with Crippen molar-refractivity contribution < 1.29 is 19.5 Å². The van der Waals surface area contributed by atoms with E-state index in [2.05, 4.69) is 16.5 Å². The Kier molecular flexibility index (Phi) is 5.06. The molecule has 3 heterocycles. The maximum atomic E-state index is 9.97. The largest absolute Gasteiger partial charge is 0.552 e. The molecule has 1 aromatic carbocycles. The number of rotatable bonds is 4. The van der Waals surface area contributed by atoms with E-state index >= 15 is 0 Å². The zero-order valence-corrected chi connectivity index (χ0v) is 15.0. The van der Waals surface area contributed by atoms with Crippen LogP contribution >= 0.6 is 0 Å². The number of nitrogens with one attached hydrogen (secondary N) is 1. The predicted molar refractivity (Wildman–Crippen MR) is 102 cm³/mol. The highest BCUT2D eigenvalue weighted by Crippen LogP contribution is 2.32. The topological polar surface area (TPSA) is 139 Å². The fourth-order valence-electron chi connectivity index (χ4n) is 3.38. The van der Waals surface area contributed by atoms with E-state index in [9.17, 15) is 15.4 Å². The number of hydrogen-bond acceptors (Lipinski definition) is 8. The van der Waals surface area contributed by atoms with Crippen LogP contribution in [-0.2, 0) is 4.74 Å². The molecule has 1 saturated heterocycles. The van der Waals surface area contributed by atoms with Gasteiger partial charge in [-0.15, -0.1) is 0 Å². The molecule has 1 aromatic heterocycles. The first-order chi connectivity index (χ1) is 13.5. The van der Waals surface area contributed by atoms with Gasteiger partial charge in [0.15, 0.2) is 5.82 Å². The molecule has 2 aliphatic heterocycles. The lowest BCUT2D eigenvalue weighted by Crippen LogP contribution is -2.29. The van der Waals surface area contributed by atoms with Gasteiger partial charge in [0.25, 0.3) is 0 Å². The third kappa shape index (κ3) is 3.61. The quantitative estimate of drug-likeness (QED) is 0.456. The summed E-state index contributed by atoms with van der Waals surface area (Å²) in [5.41, 5.74) is 7.65. The highest BCUT2D eigenvalue weighted by atomic mass is 16.5. The molecule has 4 rings (SSSR count). The van der Waals surface area contributed by atoms with E-state index in [1.807, 2.05) is 6.07 Å². The number of aliphatic hydroxyl groups excluding tert-OH is 1. The molecule has 9 nitrogen and oxygen atoms in total. The van der Waals surface area contributed by atoms with Crippen LogP contribution in [0.15, 0.2) is 30.4 Å². The summed E-state index contributed by atoms with van der Waals surface area (Å²) in [4.78, 5) is 0. The predicted octanol–water partition coefficient (Wildman–Crippen LogP) is 1.10. The third-order valence-corrected chi connectivity index (χ3v) is 4.87. The number of nitrogens with two attached hydrogens (primary N) is 1. The summed E-state index contributed by atoms with van der Waals surface area (Å²) < 4.78 is 12.5. The average Bonchev–Trinajstić information content (AvgIpc) is 3.12. The van der Waals surface area contributed by atoms with Crippen LogP contribution in [0.3, 0.4) is 0 Å². The van der Waals surface area contributed by atoms with Crippen LogP contribution in [0.2, 0.25) is 0 Å². The Bertz CT molecular complexity index is 939. The molecule has 0 aliphatic carbocycles. The van der Waals surface area contributed by atoms with Gasteiger partial charge in [-0.2, -0.15) is 10.4 Å². The van der Waals surface area contributed by atoms with Crippen molar-refractivity contribution in [2.24, 2.45) is 11.7 Å². The Morgan fingerprint density at radius 2 is 2.32 bits per heavy atom.